The first kappa shape index (κ1) is 9.88. The Labute approximate surface area is 64.9 Å². The SMILES string of the molecule is NC(CC[Se]CF)C(=O)O. The summed E-state index contributed by atoms with van der Waals surface area (Å²) in [7, 11) is 0. The van der Waals surface area contributed by atoms with Crippen LogP contribution in [0.3, 0.4) is 0 Å². The molecule has 0 heterocycles. The second-order valence-electron chi connectivity index (χ2n) is 1.75. The molecule has 0 aromatic heterocycles. The van der Waals surface area contributed by atoms with Crippen molar-refractivity contribution in [3.8, 4) is 0 Å². The average Bonchev–Trinajstić information content (AvgIpc) is 1.88. The van der Waals surface area contributed by atoms with Crippen LogP contribution in [-0.2, 0) is 4.79 Å². The molecule has 0 rings (SSSR count). The molecular formula is C5H10FNO2Se. The van der Waals surface area contributed by atoms with Gasteiger partial charge in [0, 0.05) is 0 Å². The summed E-state index contributed by atoms with van der Waals surface area (Å²) >= 11 is -0.0763. The van der Waals surface area contributed by atoms with Gasteiger partial charge in [-0.3, -0.25) is 0 Å². The predicted molar refractivity (Wildman–Crippen MR) is 36.8 cm³/mol. The number of carbonyl (C=O) groups is 1. The summed E-state index contributed by atoms with van der Waals surface area (Å²) in [4.78, 5) is 10.1. The number of nitrogens with two attached hydrogens (primary N) is 1. The second-order valence-corrected chi connectivity index (χ2v) is 3.92. The van der Waals surface area contributed by atoms with Crippen molar-refractivity contribution in [2.45, 2.75) is 17.8 Å². The van der Waals surface area contributed by atoms with Crippen molar-refractivity contribution in [2.75, 3.05) is 5.57 Å². The van der Waals surface area contributed by atoms with Gasteiger partial charge in [-0.2, -0.15) is 0 Å². The van der Waals surface area contributed by atoms with Gasteiger partial charge in [0.05, 0.1) is 0 Å². The zero-order valence-corrected chi connectivity index (χ0v) is 7.13. The molecular weight excluding hydrogens is 204 g/mol. The van der Waals surface area contributed by atoms with Gasteiger partial charge < -0.3 is 0 Å². The van der Waals surface area contributed by atoms with Crippen LogP contribution in [-0.4, -0.2) is 37.6 Å². The number of carboxylic acids is 1. The zero-order valence-electron chi connectivity index (χ0n) is 5.42. The van der Waals surface area contributed by atoms with Gasteiger partial charge in [0.1, 0.15) is 0 Å². The van der Waals surface area contributed by atoms with Gasteiger partial charge in [0.15, 0.2) is 0 Å². The summed E-state index contributed by atoms with van der Waals surface area (Å²) in [6.45, 7) is 0. The van der Waals surface area contributed by atoms with Crippen LogP contribution in [0.25, 0.3) is 0 Å². The number of halogens is 1. The molecule has 3 N–H and O–H groups in total. The number of hydrogen-bond donors (Lipinski definition) is 2. The maximum absolute atomic E-state index is 11.5. The molecule has 0 aromatic carbocycles. The second kappa shape index (κ2) is 5.65. The van der Waals surface area contributed by atoms with Crippen LogP contribution >= 0.6 is 0 Å². The van der Waals surface area contributed by atoms with Gasteiger partial charge in [0.2, 0.25) is 0 Å². The molecule has 5 heteroatoms. The van der Waals surface area contributed by atoms with E-state index in [-0.39, 0.29) is 20.5 Å². The molecule has 0 aliphatic carbocycles. The number of rotatable bonds is 5. The molecule has 0 bridgehead atoms. The van der Waals surface area contributed by atoms with E-state index in [0.29, 0.717) is 11.7 Å². The Hall–Kier alpha value is -0.121. The Bertz CT molecular complexity index is 112. The minimum absolute atomic E-state index is 0.0763. The molecule has 0 fully saturated rings. The minimum atomic E-state index is -1.00. The van der Waals surface area contributed by atoms with Crippen LogP contribution in [0.4, 0.5) is 4.39 Å². The fourth-order valence-electron chi connectivity index (χ4n) is 0.388. The van der Waals surface area contributed by atoms with E-state index in [1.807, 2.05) is 0 Å². The van der Waals surface area contributed by atoms with E-state index in [9.17, 15) is 9.18 Å². The van der Waals surface area contributed by atoms with Gasteiger partial charge in [-0.1, -0.05) is 0 Å². The van der Waals surface area contributed by atoms with Crippen molar-refractivity contribution in [1.29, 1.82) is 0 Å². The Balaban J connectivity index is 3.21. The third-order valence-electron chi connectivity index (χ3n) is 0.968. The van der Waals surface area contributed by atoms with Crippen molar-refractivity contribution in [1.82, 2.24) is 0 Å². The maximum atomic E-state index is 11.5. The average molecular weight is 214 g/mol. The topological polar surface area (TPSA) is 63.3 Å². The van der Waals surface area contributed by atoms with Crippen molar-refractivity contribution in [3.63, 3.8) is 0 Å². The van der Waals surface area contributed by atoms with E-state index in [0.717, 1.165) is 0 Å². The molecule has 60 valence electrons. The quantitative estimate of drug-likeness (QED) is 0.493. The zero-order chi connectivity index (χ0) is 7.98. The summed E-state index contributed by atoms with van der Waals surface area (Å²) in [5.74, 6) is -1.00. The molecule has 0 aliphatic rings. The third-order valence-corrected chi connectivity index (χ3v) is 2.39. The van der Waals surface area contributed by atoms with Gasteiger partial charge in [0.25, 0.3) is 0 Å². The monoisotopic (exact) mass is 215 g/mol. The molecule has 1 atom stereocenters. The van der Waals surface area contributed by atoms with E-state index >= 15 is 0 Å². The van der Waals surface area contributed by atoms with Crippen LogP contribution in [0.5, 0.6) is 0 Å². The normalized spacial score (nSPS) is 13.0. The van der Waals surface area contributed by atoms with E-state index in [1.165, 1.54) is 0 Å². The first-order chi connectivity index (χ1) is 4.68. The first-order valence-electron chi connectivity index (χ1n) is 2.80. The van der Waals surface area contributed by atoms with Crippen LogP contribution in [0, 0.1) is 0 Å². The molecule has 0 saturated carbocycles. The van der Waals surface area contributed by atoms with Gasteiger partial charge in [-0.25, -0.2) is 0 Å². The fraction of sp³-hybridized carbons (Fsp3) is 0.800. The van der Waals surface area contributed by atoms with E-state index in [4.69, 9.17) is 10.8 Å². The summed E-state index contributed by atoms with van der Waals surface area (Å²) in [5.41, 5.74) is 4.81. The van der Waals surface area contributed by atoms with Gasteiger partial charge in [-0.05, 0) is 0 Å². The molecule has 0 amide bonds. The third kappa shape index (κ3) is 4.73. The first-order valence-corrected chi connectivity index (χ1v) is 5.23. The van der Waals surface area contributed by atoms with Crippen LogP contribution in [0.15, 0.2) is 0 Å². The van der Waals surface area contributed by atoms with Crippen LogP contribution < -0.4 is 5.73 Å². The van der Waals surface area contributed by atoms with Gasteiger partial charge >= 0.3 is 64.3 Å². The molecule has 0 radical (unpaired) electrons. The van der Waals surface area contributed by atoms with Crippen molar-refractivity contribution < 1.29 is 14.3 Å². The van der Waals surface area contributed by atoms with E-state index in [2.05, 4.69) is 0 Å². The van der Waals surface area contributed by atoms with E-state index < -0.39 is 12.0 Å². The molecule has 0 aliphatic heterocycles. The Morgan fingerprint density at radius 3 is 2.80 bits per heavy atom. The molecule has 0 saturated heterocycles. The van der Waals surface area contributed by atoms with E-state index in [1.54, 1.807) is 0 Å². The number of aliphatic carboxylic acids is 1. The van der Waals surface area contributed by atoms with Crippen LogP contribution in [0.2, 0.25) is 5.32 Å². The van der Waals surface area contributed by atoms with Crippen molar-refractivity contribution in [2.24, 2.45) is 5.73 Å². The van der Waals surface area contributed by atoms with Crippen molar-refractivity contribution in [3.05, 3.63) is 0 Å². The van der Waals surface area contributed by atoms with Crippen LogP contribution in [0.1, 0.15) is 6.42 Å². The standard InChI is InChI=1S/C5H10FNO2Se/c6-3-10-2-1-4(7)5(8)9/h4H,1-3,7H2,(H,8,9). The van der Waals surface area contributed by atoms with Crippen molar-refractivity contribution >= 4 is 20.9 Å². The fourth-order valence-corrected chi connectivity index (χ4v) is 1.50. The Morgan fingerprint density at radius 2 is 2.40 bits per heavy atom. The number of carboxylic acid groups (broad SMARTS) is 1. The predicted octanol–water partition coefficient (Wildman–Crippen LogP) is -0.162. The number of hydrogen-bond acceptors (Lipinski definition) is 2. The summed E-state index contributed by atoms with van der Waals surface area (Å²) in [5, 5.41) is 8.88. The summed E-state index contributed by atoms with van der Waals surface area (Å²) in [6, 6.07) is -0.812. The Kier molecular flexibility index (Phi) is 5.58. The van der Waals surface area contributed by atoms with Gasteiger partial charge in [-0.15, -0.1) is 0 Å². The molecule has 3 nitrogen and oxygen atoms in total. The summed E-state index contributed by atoms with van der Waals surface area (Å²) < 4.78 is 11.5. The molecule has 0 aromatic rings. The Morgan fingerprint density at radius 1 is 1.80 bits per heavy atom. The molecule has 1 unspecified atom stereocenters. The molecule has 10 heavy (non-hydrogen) atoms. The number of alkyl halides is 1. The summed E-state index contributed by atoms with van der Waals surface area (Å²) in [6.07, 6.45) is 0.388. The molecule has 0 spiro atoms.